The number of carbonyl (C=O) groups is 2. The van der Waals surface area contributed by atoms with E-state index >= 15 is 0 Å². The molecule has 0 spiro atoms. The predicted molar refractivity (Wildman–Crippen MR) is 106 cm³/mol. The smallest absolute Gasteiger partial charge is 0.303 e. The fourth-order valence-electron chi connectivity index (χ4n) is 3.10. The maximum atomic E-state index is 12.1. The van der Waals surface area contributed by atoms with E-state index in [0.717, 1.165) is 12.8 Å². The summed E-state index contributed by atoms with van der Waals surface area (Å²) < 4.78 is 0. The van der Waals surface area contributed by atoms with Crippen molar-refractivity contribution >= 4 is 11.8 Å². The first-order valence-electron chi connectivity index (χ1n) is 9.69. The molecular weight excluding hydrogens is 344 g/mol. The average molecular weight is 376 g/mol. The molecule has 0 heterocycles. The highest BCUT2D eigenvalue weighted by molar-refractivity contribution is 5.86. The minimum atomic E-state index is -0.847. The van der Waals surface area contributed by atoms with Crippen molar-refractivity contribution in [3.63, 3.8) is 0 Å². The Morgan fingerprint density at radius 3 is 2.63 bits per heavy atom. The number of hydrogen-bond acceptors (Lipinski definition) is 4. The highest BCUT2D eigenvalue weighted by Crippen LogP contribution is 2.33. The standard InChI is InChI=1S/C22H32O5/c1-2-3-4-5-6-9-12-18-19(21(25)16-20(18)24)15-14-17(23)11-8-7-10-13-22(26)27/h3-4,6-9,14-15,17-20,23-24H,2,5,10-13,16H2,1H3,(H,26,27)/b4-3-,8-7-,9-6-,15-14+/t17-,18+,19+,20-/m1/s1. The second-order valence-electron chi connectivity index (χ2n) is 6.84. The Morgan fingerprint density at radius 2 is 1.93 bits per heavy atom. The molecule has 0 aliphatic heterocycles. The lowest BCUT2D eigenvalue weighted by Gasteiger charge is -2.16. The molecule has 0 bridgehead atoms. The molecule has 0 saturated heterocycles. The molecule has 1 aliphatic carbocycles. The van der Waals surface area contributed by atoms with Crippen LogP contribution < -0.4 is 0 Å². The summed E-state index contributed by atoms with van der Waals surface area (Å²) in [7, 11) is 0. The molecule has 1 saturated carbocycles. The van der Waals surface area contributed by atoms with Crippen LogP contribution >= 0.6 is 0 Å². The Bertz CT molecular complexity index is 573. The van der Waals surface area contributed by atoms with Gasteiger partial charge in [-0.05, 0) is 32.1 Å². The number of rotatable bonds is 12. The van der Waals surface area contributed by atoms with E-state index in [9.17, 15) is 19.8 Å². The van der Waals surface area contributed by atoms with Gasteiger partial charge in [-0.2, -0.15) is 0 Å². The summed E-state index contributed by atoms with van der Waals surface area (Å²) in [5.41, 5.74) is 0. The topological polar surface area (TPSA) is 94.8 Å². The summed E-state index contributed by atoms with van der Waals surface area (Å²) in [6.07, 6.45) is 17.2. The second kappa shape index (κ2) is 13.2. The zero-order chi connectivity index (χ0) is 20.1. The lowest BCUT2D eigenvalue weighted by Crippen LogP contribution is -2.19. The summed E-state index contributed by atoms with van der Waals surface area (Å²) in [5.74, 6) is -1.37. The molecule has 27 heavy (non-hydrogen) atoms. The van der Waals surface area contributed by atoms with Crippen LogP contribution in [-0.4, -0.2) is 39.3 Å². The van der Waals surface area contributed by atoms with Crippen LogP contribution in [0.2, 0.25) is 0 Å². The summed E-state index contributed by atoms with van der Waals surface area (Å²) in [6.45, 7) is 2.08. The molecule has 4 atom stereocenters. The first-order valence-corrected chi connectivity index (χ1v) is 9.69. The Labute approximate surface area is 161 Å². The van der Waals surface area contributed by atoms with Crippen LogP contribution in [0.1, 0.15) is 51.9 Å². The Morgan fingerprint density at radius 1 is 1.19 bits per heavy atom. The first kappa shape index (κ1) is 23.1. The maximum Gasteiger partial charge on any atom is 0.303 e. The van der Waals surface area contributed by atoms with Gasteiger partial charge in [0.15, 0.2) is 0 Å². The van der Waals surface area contributed by atoms with E-state index in [1.807, 2.05) is 12.2 Å². The fraction of sp³-hybridized carbons (Fsp3) is 0.545. The van der Waals surface area contributed by atoms with Gasteiger partial charge in [-0.15, -0.1) is 0 Å². The van der Waals surface area contributed by atoms with Crippen LogP contribution in [0.15, 0.2) is 48.6 Å². The largest absolute Gasteiger partial charge is 0.481 e. The van der Waals surface area contributed by atoms with Crippen LogP contribution in [-0.2, 0) is 9.59 Å². The van der Waals surface area contributed by atoms with Gasteiger partial charge in [-0.1, -0.05) is 55.5 Å². The van der Waals surface area contributed by atoms with Gasteiger partial charge in [-0.3, -0.25) is 9.59 Å². The molecular formula is C22H32O5. The van der Waals surface area contributed by atoms with Crippen molar-refractivity contribution in [1.29, 1.82) is 0 Å². The Hall–Kier alpha value is -1.98. The van der Waals surface area contributed by atoms with Crippen LogP contribution in [0, 0.1) is 11.8 Å². The number of carbonyl (C=O) groups excluding carboxylic acids is 1. The monoisotopic (exact) mass is 376 g/mol. The highest BCUT2D eigenvalue weighted by atomic mass is 16.4. The van der Waals surface area contributed by atoms with E-state index in [0.29, 0.717) is 19.3 Å². The first-order chi connectivity index (χ1) is 13.0. The Kier molecular flexibility index (Phi) is 11.3. The molecule has 150 valence electrons. The quantitative estimate of drug-likeness (QED) is 0.453. The average Bonchev–Trinajstić information content (AvgIpc) is 2.88. The third-order valence-corrected chi connectivity index (χ3v) is 4.60. The molecule has 0 aromatic heterocycles. The fourth-order valence-corrected chi connectivity index (χ4v) is 3.10. The summed E-state index contributed by atoms with van der Waals surface area (Å²) in [5, 5.41) is 28.7. The number of carboxylic acids is 1. The normalized spacial score (nSPS) is 24.9. The minimum absolute atomic E-state index is 0.00669. The second-order valence-corrected chi connectivity index (χ2v) is 6.84. The van der Waals surface area contributed by atoms with Gasteiger partial charge in [-0.25, -0.2) is 0 Å². The van der Waals surface area contributed by atoms with Crippen LogP contribution in [0.25, 0.3) is 0 Å². The number of allylic oxidation sites excluding steroid dienone is 6. The van der Waals surface area contributed by atoms with Crippen molar-refractivity contribution in [3.05, 3.63) is 48.6 Å². The minimum Gasteiger partial charge on any atom is -0.481 e. The van der Waals surface area contributed by atoms with Gasteiger partial charge in [0, 0.05) is 24.7 Å². The molecule has 1 fully saturated rings. The molecule has 5 nitrogen and oxygen atoms in total. The van der Waals surface area contributed by atoms with E-state index < -0.39 is 18.2 Å². The third kappa shape index (κ3) is 9.50. The van der Waals surface area contributed by atoms with Crippen molar-refractivity contribution in [2.24, 2.45) is 11.8 Å². The molecule has 0 radical (unpaired) electrons. The number of aliphatic hydroxyl groups excluding tert-OH is 2. The highest BCUT2D eigenvalue weighted by Gasteiger charge is 2.39. The Balaban J connectivity index is 2.50. The van der Waals surface area contributed by atoms with Crippen molar-refractivity contribution in [1.82, 2.24) is 0 Å². The molecule has 0 aromatic rings. The molecule has 1 aliphatic rings. The van der Waals surface area contributed by atoms with Crippen molar-refractivity contribution in [2.75, 3.05) is 0 Å². The summed E-state index contributed by atoms with van der Waals surface area (Å²) in [6, 6.07) is 0. The lowest BCUT2D eigenvalue weighted by atomic mass is 9.90. The van der Waals surface area contributed by atoms with E-state index in [1.165, 1.54) is 0 Å². The lowest BCUT2D eigenvalue weighted by molar-refractivity contribution is -0.136. The van der Waals surface area contributed by atoms with Crippen LogP contribution in [0.3, 0.4) is 0 Å². The molecule has 1 rings (SSSR count). The number of Topliss-reactive ketones (excluding diaryl/α,β-unsaturated/α-hetero) is 1. The van der Waals surface area contributed by atoms with Crippen molar-refractivity contribution < 1.29 is 24.9 Å². The summed E-state index contributed by atoms with van der Waals surface area (Å²) >= 11 is 0. The van der Waals surface area contributed by atoms with Gasteiger partial charge in [0.05, 0.1) is 12.2 Å². The van der Waals surface area contributed by atoms with Gasteiger partial charge in [0.25, 0.3) is 0 Å². The van der Waals surface area contributed by atoms with Gasteiger partial charge in [0.1, 0.15) is 5.78 Å². The number of aliphatic hydroxyl groups is 2. The van der Waals surface area contributed by atoms with Crippen LogP contribution in [0.5, 0.6) is 0 Å². The number of aliphatic carboxylic acids is 1. The predicted octanol–water partition coefficient (Wildman–Crippen LogP) is 3.58. The van der Waals surface area contributed by atoms with Gasteiger partial charge < -0.3 is 15.3 Å². The van der Waals surface area contributed by atoms with Gasteiger partial charge >= 0.3 is 5.97 Å². The van der Waals surface area contributed by atoms with Gasteiger partial charge in [0.2, 0.25) is 0 Å². The third-order valence-electron chi connectivity index (χ3n) is 4.60. The molecule has 3 N–H and O–H groups in total. The summed E-state index contributed by atoms with van der Waals surface area (Å²) in [4.78, 5) is 22.6. The maximum absolute atomic E-state index is 12.1. The van der Waals surface area contributed by atoms with Crippen molar-refractivity contribution in [2.45, 2.75) is 64.1 Å². The zero-order valence-corrected chi connectivity index (χ0v) is 16.0. The molecule has 0 aromatic carbocycles. The van der Waals surface area contributed by atoms with Crippen LogP contribution in [0.4, 0.5) is 0 Å². The number of carboxylic acid groups (broad SMARTS) is 1. The molecule has 0 amide bonds. The number of ketones is 1. The number of hydrogen-bond donors (Lipinski definition) is 3. The van der Waals surface area contributed by atoms with E-state index in [2.05, 4.69) is 19.1 Å². The molecule has 0 unspecified atom stereocenters. The van der Waals surface area contributed by atoms with Crippen molar-refractivity contribution in [3.8, 4) is 0 Å². The van der Waals surface area contributed by atoms with E-state index in [4.69, 9.17) is 5.11 Å². The van der Waals surface area contributed by atoms with E-state index in [-0.39, 0.29) is 30.5 Å². The van der Waals surface area contributed by atoms with E-state index in [1.54, 1.807) is 24.3 Å². The zero-order valence-electron chi connectivity index (χ0n) is 16.0. The SMILES string of the molecule is CC/C=C\C/C=C\C[C@@H]1[C@H](O)CC(=O)[C@H]1/C=C/[C@H](O)C/C=C\CCC(=O)O. The molecule has 5 heteroatoms.